The first-order chi connectivity index (χ1) is 8.68. The van der Waals surface area contributed by atoms with Gasteiger partial charge in [0, 0.05) is 29.4 Å². The van der Waals surface area contributed by atoms with Gasteiger partial charge in [-0.15, -0.1) is 0 Å². The standard InChI is InChI=1S/C13H12Br2N2O/c14-10-4-1-2-6-12(10)16-7-9-17-8-3-5-11(15)13(17)18/h1-6,8,16H,7,9H2. The molecule has 18 heavy (non-hydrogen) atoms. The lowest BCUT2D eigenvalue weighted by molar-refractivity contribution is 0.694. The minimum Gasteiger partial charge on any atom is -0.382 e. The van der Waals surface area contributed by atoms with Gasteiger partial charge in [-0.2, -0.15) is 0 Å². The van der Waals surface area contributed by atoms with Crippen molar-refractivity contribution in [2.45, 2.75) is 6.54 Å². The molecule has 0 bridgehead atoms. The van der Waals surface area contributed by atoms with E-state index in [4.69, 9.17) is 0 Å². The fourth-order valence-electron chi connectivity index (χ4n) is 1.60. The van der Waals surface area contributed by atoms with Crippen LogP contribution in [0.1, 0.15) is 0 Å². The van der Waals surface area contributed by atoms with Gasteiger partial charge in [-0.25, -0.2) is 0 Å². The minimum atomic E-state index is -0.00794. The lowest BCUT2D eigenvalue weighted by atomic mass is 10.3. The second-order valence-corrected chi connectivity index (χ2v) is 5.47. The van der Waals surface area contributed by atoms with Gasteiger partial charge in [-0.05, 0) is 56.1 Å². The maximum absolute atomic E-state index is 11.8. The summed E-state index contributed by atoms with van der Waals surface area (Å²) in [5.74, 6) is 0. The van der Waals surface area contributed by atoms with Crippen LogP contribution in [0.2, 0.25) is 0 Å². The van der Waals surface area contributed by atoms with E-state index in [1.165, 1.54) is 0 Å². The summed E-state index contributed by atoms with van der Waals surface area (Å²) in [5, 5.41) is 3.29. The number of nitrogens with one attached hydrogen (secondary N) is 1. The first-order valence-corrected chi connectivity index (χ1v) is 7.10. The maximum Gasteiger partial charge on any atom is 0.264 e. The summed E-state index contributed by atoms with van der Waals surface area (Å²) < 4.78 is 3.28. The van der Waals surface area contributed by atoms with Crippen molar-refractivity contribution in [2.24, 2.45) is 0 Å². The van der Waals surface area contributed by atoms with Gasteiger partial charge >= 0.3 is 0 Å². The van der Waals surface area contributed by atoms with Crippen molar-refractivity contribution in [1.29, 1.82) is 0 Å². The van der Waals surface area contributed by atoms with Crippen LogP contribution < -0.4 is 10.9 Å². The Kier molecular flexibility index (Phi) is 4.60. The monoisotopic (exact) mass is 370 g/mol. The molecule has 1 N–H and O–H groups in total. The molecule has 5 heteroatoms. The molecule has 0 unspecified atom stereocenters. The number of hydrogen-bond donors (Lipinski definition) is 1. The third-order valence-electron chi connectivity index (χ3n) is 2.52. The molecule has 1 heterocycles. The molecule has 0 saturated heterocycles. The van der Waals surface area contributed by atoms with Crippen molar-refractivity contribution in [3.8, 4) is 0 Å². The van der Waals surface area contributed by atoms with E-state index in [1.807, 2.05) is 30.3 Å². The quantitative estimate of drug-likeness (QED) is 0.892. The molecule has 1 aromatic heterocycles. The predicted octanol–water partition coefficient (Wildman–Crippen LogP) is 3.49. The molecule has 0 atom stereocenters. The average molecular weight is 372 g/mol. The number of pyridine rings is 1. The van der Waals surface area contributed by atoms with E-state index in [0.29, 0.717) is 17.6 Å². The third kappa shape index (κ3) is 3.23. The number of anilines is 1. The zero-order chi connectivity index (χ0) is 13.0. The zero-order valence-electron chi connectivity index (χ0n) is 9.57. The summed E-state index contributed by atoms with van der Waals surface area (Å²) in [6.45, 7) is 1.32. The Hall–Kier alpha value is -1.07. The van der Waals surface area contributed by atoms with Crippen molar-refractivity contribution in [3.05, 3.63) is 61.9 Å². The van der Waals surface area contributed by atoms with E-state index in [1.54, 1.807) is 16.8 Å². The number of aromatic nitrogens is 1. The number of hydrogen-bond acceptors (Lipinski definition) is 2. The van der Waals surface area contributed by atoms with Crippen LogP contribution in [0.25, 0.3) is 0 Å². The Bertz CT molecular complexity index is 596. The fraction of sp³-hybridized carbons (Fsp3) is 0.154. The van der Waals surface area contributed by atoms with Crippen molar-refractivity contribution in [2.75, 3.05) is 11.9 Å². The van der Waals surface area contributed by atoms with E-state index in [0.717, 1.165) is 10.2 Å². The van der Waals surface area contributed by atoms with Crippen LogP contribution in [-0.2, 0) is 6.54 Å². The lowest BCUT2D eigenvalue weighted by Crippen LogP contribution is -2.23. The Labute approximate surface area is 122 Å². The molecule has 0 fully saturated rings. The highest BCUT2D eigenvalue weighted by Gasteiger charge is 2.00. The molecular weight excluding hydrogens is 360 g/mol. The highest BCUT2D eigenvalue weighted by molar-refractivity contribution is 9.10. The van der Waals surface area contributed by atoms with Crippen molar-refractivity contribution < 1.29 is 0 Å². The Morgan fingerprint density at radius 1 is 1.06 bits per heavy atom. The molecule has 0 amide bonds. The van der Waals surface area contributed by atoms with Crippen molar-refractivity contribution in [1.82, 2.24) is 4.57 Å². The van der Waals surface area contributed by atoms with Crippen LogP contribution >= 0.6 is 31.9 Å². The highest BCUT2D eigenvalue weighted by Crippen LogP contribution is 2.20. The Balaban J connectivity index is 1.99. The fourth-order valence-corrected chi connectivity index (χ4v) is 2.40. The second kappa shape index (κ2) is 6.20. The van der Waals surface area contributed by atoms with Gasteiger partial charge in [0.15, 0.2) is 0 Å². The minimum absolute atomic E-state index is 0.00794. The first kappa shape index (κ1) is 13.4. The Morgan fingerprint density at radius 3 is 2.56 bits per heavy atom. The normalized spacial score (nSPS) is 10.3. The zero-order valence-corrected chi connectivity index (χ0v) is 12.7. The van der Waals surface area contributed by atoms with Crippen LogP contribution in [0.5, 0.6) is 0 Å². The summed E-state index contributed by atoms with van der Waals surface area (Å²) in [6.07, 6.45) is 1.79. The molecule has 0 aliphatic heterocycles. The summed E-state index contributed by atoms with van der Waals surface area (Å²) in [5.41, 5.74) is 1.02. The number of benzene rings is 1. The van der Waals surface area contributed by atoms with E-state index in [9.17, 15) is 4.79 Å². The average Bonchev–Trinajstić information content (AvgIpc) is 2.37. The van der Waals surface area contributed by atoms with Gasteiger partial charge in [0.05, 0.1) is 4.47 Å². The van der Waals surface area contributed by atoms with E-state index >= 15 is 0 Å². The topological polar surface area (TPSA) is 34.0 Å². The van der Waals surface area contributed by atoms with Gasteiger partial charge in [0.1, 0.15) is 0 Å². The number of para-hydroxylation sites is 1. The molecule has 2 aromatic rings. The molecular formula is C13H12Br2N2O. The summed E-state index contributed by atoms with van der Waals surface area (Å²) in [4.78, 5) is 11.8. The maximum atomic E-state index is 11.8. The third-order valence-corrected chi connectivity index (χ3v) is 3.81. The summed E-state index contributed by atoms with van der Waals surface area (Å²) >= 11 is 6.70. The second-order valence-electron chi connectivity index (χ2n) is 3.76. The highest BCUT2D eigenvalue weighted by atomic mass is 79.9. The molecule has 0 aliphatic carbocycles. The van der Waals surface area contributed by atoms with Crippen LogP contribution in [0.4, 0.5) is 5.69 Å². The summed E-state index contributed by atoms with van der Waals surface area (Å²) in [7, 11) is 0. The molecule has 3 nitrogen and oxygen atoms in total. The summed E-state index contributed by atoms with van der Waals surface area (Å²) in [6, 6.07) is 11.5. The number of halogens is 2. The van der Waals surface area contributed by atoms with Gasteiger partial charge < -0.3 is 9.88 Å². The van der Waals surface area contributed by atoms with Gasteiger partial charge in [-0.3, -0.25) is 4.79 Å². The van der Waals surface area contributed by atoms with Crippen LogP contribution in [0, 0.1) is 0 Å². The van der Waals surface area contributed by atoms with Crippen molar-refractivity contribution >= 4 is 37.5 Å². The lowest BCUT2D eigenvalue weighted by Gasteiger charge is -2.10. The van der Waals surface area contributed by atoms with E-state index in [-0.39, 0.29) is 5.56 Å². The molecule has 0 saturated carbocycles. The van der Waals surface area contributed by atoms with Crippen LogP contribution in [0.15, 0.2) is 56.3 Å². The van der Waals surface area contributed by atoms with Crippen LogP contribution in [0.3, 0.4) is 0 Å². The molecule has 0 radical (unpaired) electrons. The number of rotatable bonds is 4. The van der Waals surface area contributed by atoms with Crippen molar-refractivity contribution in [3.63, 3.8) is 0 Å². The van der Waals surface area contributed by atoms with E-state index < -0.39 is 0 Å². The largest absolute Gasteiger partial charge is 0.382 e. The molecule has 94 valence electrons. The Morgan fingerprint density at radius 2 is 1.78 bits per heavy atom. The van der Waals surface area contributed by atoms with Crippen LogP contribution in [-0.4, -0.2) is 11.1 Å². The SMILES string of the molecule is O=c1c(Br)cccn1CCNc1ccccc1Br. The molecule has 1 aromatic carbocycles. The smallest absolute Gasteiger partial charge is 0.264 e. The predicted molar refractivity (Wildman–Crippen MR) is 81.0 cm³/mol. The molecule has 0 aliphatic rings. The molecule has 2 rings (SSSR count). The molecule has 0 spiro atoms. The van der Waals surface area contributed by atoms with Gasteiger partial charge in [0.2, 0.25) is 0 Å². The van der Waals surface area contributed by atoms with E-state index in [2.05, 4.69) is 37.2 Å². The van der Waals surface area contributed by atoms with Gasteiger partial charge in [0.25, 0.3) is 5.56 Å². The number of nitrogens with zero attached hydrogens (tertiary/aromatic N) is 1. The van der Waals surface area contributed by atoms with Gasteiger partial charge in [-0.1, -0.05) is 12.1 Å². The first-order valence-electron chi connectivity index (χ1n) is 5.52.